The van der Waals surface area contributed by atoms with Crippen molar-refractivity contribution < 1.29 is 0 Å². The van der Waals surface area contributed by atoms with Crippen LogP contribution in [0.2, 0.25) is 0 Å². The molecule has 1 aromatic heterocycles. The molecule has 0 N–H and O–H groups in total. The Morgan fingerprint density at radius 1 is 1.50 bits per heavy atom. The molecule has 1 rings (SSSR count). The van der Waals surface area contributed by atoms with E-state index in [2.05, 4.69) is 4.98 Å². The third-order valence-corrected chi connectivity index (χ3v) is 3.51. The van der Waals surface area contributed by atoms with Crippen molar-refractivity contribution >= 4 is 34.9 Å². The minimum Gasteiger partial charge on any atom is -0.263 e. The highest BCUT2D eigenvalue weighted by Gasteiger charge is 2.09. The van der Waals surface area contributed by atoms with Gasteiger partial charge >= 0.3 is 0 Å². The summed E-state index contributed by atoms with van der Waals surface area (Å²) in [5.74, 6) is 0. The van der Waals surface area contributed by atoms with E-state index in [-0.39, 0.29) is 0 Å². The monoisotopic (exact) mass is 191 g/mol. The standard InChI is InChI=1S/C6H7Cl2NSi/c1-5-3-2-4-9-6(5)10(7)8/h2-4,10H,1H3. The highest BCUT2D eigenvalue weighted by Crippen LogP contribution is 1.99. The van der Waals surface area contributed by atoms with Gasteiger partial charge in [0.05, 0.1) is 5.32 Å². The number of rotatable bonds is 1. The number of aryl methyl sites for hydroxylation is 1. The highest BCUT2D eigenvalue weighted by atomic mass is 35.7. The lowest BCUT2D eigenvalue weighted by Crippen LogP contribution is -2.24. The Hall–Kier alpha value is -0.0531. The Labute approximate surface area is 71.0 Å². The lowest BCUT2D eigenvalue weighted by atomic mass is 10.3. The van der Waals surface area contributed by atoms with Crippen LogP contribution < -0.4 is 5.32 Å². The minimum atomic E-state index is -1.73. The van der Waals surface area contributed by atoms with Gasteiger partial charge in [-0.05, 0) is 18.6 Å². The average molecular weight is 192 g/mol. The summed E-state index contributed by atoms with van der Waals surface area (Å²) in [5.41, 5.74) is 1.09. The molecule has 10 heavy (non-hydrogen) atoms. The summed E-state index contributed by atoms with van der Waals surface area (Å²) in [6.07, 6.45) is 1.72. The van der Waals surface area contributed by atoms with Crippen LogP contribution in [0.4, 0.5) is 0 Å². The minimum absolute atomic E-state index is 0.880. The molecule has 54 valence electrons. The second-order valence-electron chi connectivity index (χ2n) is 2.01. The maximum Gasteiger partial charge on any atom is 0.284 e. The lowest BCUT2D eigenvalue weighted by molar-refractivity contribution is 1.33. The molecule has 0 saturated carbocycles. The van der Waals surface area contributed by atoms with Crippen LogP contribution >= 0.6 is 22.2 Å². The molecule has 0 bridgehead atoms. The molecule has 1 nitrogen and oxygen atoms in total. The van der Waals surface area contributed by atoms with Crippen LogP contribution in [-0.4, -0.2) is 12.4 Å². The molecule has 0 spiro atoms. The van der Waals surface area contributed by atoms with Crippen LogP contribution in [0.5, 0.6) is 0 Å². The number of nitrogens with zero attached hydrogens (tertiary/aromatic N) is 1. The third-order valence-electron chi connectivity index (χ3n) is 1.26. The van der Waals surface area contributed by atoms with Crippen molar-refractivity contribution in [2.24, 2.45) is 0 Å². The molecule has 1 heterocycles. The zero-order valence-electron chi connectivity index (χ0n) is 5.51. The van der Waals surface area contributed by atoms with Crippen molar-refractivity contribution in [3.63, 3.8) is 0 Å². The van der Waals surface area contributed by atoms with Crippen LogP contribution in [0.1, 0.15) is 5.56 Å². The first-order chi connectivity index (χ1) is 4.72. The Morgan fingerprint density at radius 3 is 2.60 bits per heavy atom. The van der Waals surface area contributed by atoms with Crippen LogP contribution in [0, 0.1) is 6.92 Å². The fraction of sp³-hybridized carbons (Fsp3) is 0.167. The van der Waals surface area contributed by atoms with Gasteiger partial charge in [-0.15, -0.1) is 22.2 Å². The van der Waals surface area contributed by atoms with Gasteiger partial charge in [0.25, 0.3) is 7.42 Å². The first-order valence-electron chi connectivity index (χ1n) is 2.91. The number of halogens is 2. The van der Waals surface area contributed by atoms with E-state index in [1.54, 1.807) is 6.20 Å². The normalized spacial score (nSPS) is 10.4. The first-order valence-corrected chi connectivity index (χ1v) is 6.98. The quantitative estimate of drug-likeness (QED) is 0.482. The van der Waals surface area contributed by atoms with Crippen molar-refractivity contribution in [3.8, 4) is 0 Å². The Kier molecular flexibility index (Phi) is 2.71. The van der Waals surface area contributed by atoms with E-state index in [0.717, 1.165) is 10.9 Å². The summed E-state index contributed by atoms with van der Waals surface area (Å²) >= 11 is 11.5. The average Bonchev–Trinajstić information content (AvgIpc) is 1.88. The van der Waals surface area contributed by atoms with E-state index >= 15 is 0 Å². The molecule has 0 amide bonds. The fourth-order valence-corrected chi connectivity index (χ4v) is 2.74. The summed E-state index contributed by atoms with van der Waals surface area (Å²) in [5, 5.41) is 0.880. The molecular formula is C6H7Cl2NSi. The smallest absolute Gasteiger partial charge is 0.263 e. The molecule has 4 heteroatoms. The maximum atomic E-state index is 5.75. The fourth-order valence-electron chi connectivity index (χ4n) is 0.726. The maximum absolute atomic E-state index is 5.75. The molecule has 1 aromatic rings. The van der Waals surface area contributed by atoms with Crippen molar-refractivity contribution in [1.82, 2.24) is 4.98 Å². The van der Waals surface area contributed by atoms with Gasteiger partial charge < -0.3 is 0 Å². The van der Waals surface area contributed by atoms with Crippen molar-refractivity contribution in [2.45, 2.75) is 6.92 Å². The Morgan fingerprint density at radius 2 is 2.20 bits per heavy atom. The molecule has 0 aliphatic rings. The molecule has 0 saturated heterocycles. The van der Waals surface area contributed by atoms with Gasteiger partial charge in [0, 0.05) is 6.20 Å². The van der Waals surface area contributed by atoms with Gasteiger partial charge in [-0.2, -0.15) is 0 Å². The lowest BCUT2D eigenvalue weighted by Gasteiger charge is -2.00. The summed E-state index contributed by atoms with van der Waals surface area (Å²) < 4.78 is 0. The van der Waals surface area contributed by atoms with Gasteiger partial charge in [-0.3, -0.25) is 4.98 Å². The molecule has 0 radical (unpaired) electrons. The number of aromatic nitrogens is 1. The number of pyridine rings is 1. The van der Waals surface area contributed by atoms with Gasteiger partial charge in [-0.25, -0.2) is 0 Å². The molecule has 0 aromatic carbocycles. The summed E-state index contributed by atoms with van der Waals surface area (Å²) in [4.78, 5) is 4.08. The van der Waals surface area contributed by atoms with E-state index in [1.165, 1.54) is 0 Å². The van der Waals surface area contributed by atoms with Crippen LogP contribution in [-0.2, 0) is 0 Å². The largest absolute Gasteiger partial charge is 0.284 e. The predicted molar refractivity (Wildman–Crippen MR) is 47.5 cm³/mol. The zero-order valence-corrected chi connectivity index (χ0v) is 8.18. The van der Waals surface area contributed by atoms with Crippen molar-refractivity contribution in [1.29, 1.82) is 0 Å². The zero-order chi connectivity index (χ0) is 7.56. The molecular weight excluding hydrogens is 185 g/mol. The van der Waals surface area contributed by atoms with Crippen molar-refractivity contribution in [3.05, 3.63) is 23.9 Å². The van der Waals surface area contributed by atoms with Crippen LogP contribution in [0.25, 0.3) is 0 Å². The van der Waals surface area contributed by atoms with E-state index < -0.39 is 7.42 Å². The molecule has 0 atom stereocenters. The summed E-state index contributed by atoms with van der Waals surface area (Å²) in [7, 11) is -1.73. The number of hydrogen-bond acceptors (Lipinski definition) is 1. The second-order valence-corrected chi connectivity index (χ2v) is 6.44. The van der Waals surface area contributed by atoms with Gasteiger partial charge in [-0.1, -0.05) is 6.07 Å². The van der Waals surface area contributed by atoms with E-state index in [9.17, 15) is 0 Å². The molecule has 0 unspecified atom stereocenters. The van der Waals surface area contributed by atoms with Gasteiger partial charge in [0.1, 0.15) is 0 Å². The van der Waals surface area contributed by atoms with Crippen LogP contribution in [0.3, 0.4) is 0 Å². The Balaban J connectivity index is 3.03. The molecule has 0 fully saturated rings. The molecule has 0 aliphatic carbocycles. The third kappa shape index (κ3) is 1.72. The van der Waals surface area contributed by atoms with Crippen molar-refractivity contribution in [2.75, 3.05) is 0 Å². The van der Waals surface area contributed by atoms with Crippen LogP contribution in [0.15, 0.2) is 18.3 Å². The van der Waals surface area contributed by atoms with E-state index in [1.807, 2.05) is 19.1 Å². The summed E-state index contributed by atoms with van der Waals surface area (Å²) in [6, 6.07) is 3.84. The van der Waals surface area contributed by atoms with Gasteiger partial charge in [0.2, 0.25) is 0 Å². The van der Waals surface area contributed by atoms with E-state index in [0.29, 0.717) is 0 Å². The predicted octanol–water partition coefficient (Wildman–Crippen LogP) is 1.30. The molecule has 0 aliphatic heterocycles. The summed E-state index contributed by atoms with van der Waals surface area (Å²) in [6.45, 7) is 1.97. The Bertz CT molecular complexity index is 227. The number of hydrogen-bond donors (Lipinski definition) is 0. The second kappa shape index (κ2) is 3.37. The first kappa shape index (κ1) is 8.05. The van der Waals surface area contributed by atoms with E-state index in [4.69, 9.17) is 22.2 Å². The SMILES string of the molecule is Cc1cccnc1[SiH](Cl)Cl. The topological polar surface area (TPSA) is 12.9 Å². The highest BCUT2D eigenvalue weighted by molar-refractivity contribution is 7.39. The van der Waals surface area contributed by atoms with Gasteiger partial charge in [0.15, 0.2) is 0 Å².